The molecule has 1 aliphatic heterocycles. The van der Waals surface area contributed by atoms with E-state index in [-0.39, 0.29) is 41.8 Å². The Morgan fingerprint density at radius 2 is 1.79 bits per heavy atom. The number of hydrogen-bond donors (Lipinski definition) is 1. The van der Waals surface area contributed by atoms with E-state index in [1.807, 2.05) is 24.3 Å². The van der Waals surface area contributed by atoms with Crippen molar-refractivity contribution in [2.45, 2.75) is 32.8 Å². The van der Waals surface area contributed by atoms with Crippen LogP contribution in [0.15, 0.2) is 48.5 Å². The number of aromatic nitrogens is 2. The smallest absolute Gasteiger partial charge is 0.338 e. The summed E-state index contributed by atoms with van der Waals surface area (Å²) < 4.78 is 5.27. The van der Waals surface area contributed by atoms with Gasteiger partial charge in [-0.15, -0.1) is 10.2 Å². The highest BCUT2D eigenvalue weighted by molar-refractivity contribution is 7.13. The number of benzene rings is 2. The summed E-state index contributed by atoms with van der Waals surface area (Å²) in [6.07, 6.45) is 1.22. The number of esters is 1. The van der Waals surface area contributed by atoms with Crippen molar-refractivity contribution in [2.24, 2.45) is 0 Å². The van der Waals surface area contributed by atoms with E-state index in [0.29, 0.717) is 16.4 Å². The molecule has 0 aliphatic carbocycles. The molecular weight excluding hydrogens is 444 g/mol. The van der Waals surface area contributed by atoms with E-state index in [2.05, 4.69) is 22.4 Å². The van der Waals surface area contributed by atoms with Gasteiger partial charge in [0.05, 0.1) is 11.3 Å². The van der Waals surface area contributed by atoms with Gasteiger partial charge in [0, 0.05) is 18.5 Å². The minimum atomic E-state index is -0.645. The molecule has 1 aliphatic rings. The Bertz CT molecular complexity index is 1210. The van der Waals surface area contributed by atoms with Gasteiger partial charge in [-0.05, 0) is 42.3 Å². The Kier molecular flexibility index (Phi) is 6.55. The molecule has 2 heterocycles. The third kappa shape index (κ3) is 5.12. The average molecular weight is 465 g/mol. The van der Waals surface area contributed by atoms with Crippen molar-refractivity contribution in [3.63, 3.8) is 0 Å². The van der Waals surface area contributed by atoms with Crippen LogP contribution in [0.5, 0.6) is 0 Å². The topological polar surface area (TPSA) is 119 Å². The fourth-order valence-corrected chi connectivity index (χ4v) is 3.91. The number of aryl methyl sites for hydroxylation is 1. The number of amides is 3. The van der Waals surface area contributed by atoms with Gasteiger partial charge in [-0.25, -0.2) is 4.79 Å². The zero-order chi connectivity index (χ0) is 23.4. The minimum absolute atomic E-state index is 0.147. The normalized spacial score (nSPS) is 13.3. The lowest BCUT2D eigenvalue weighted by molar-refractivity contribution is -0.121. The number of imide groups is 1. The second-order valence-corrected chi connectivity index (χ2v) is 8.32. The van der Waals surface area contributed by atoms with Gasteiger partial charge in [-0.2, -0.15) is 0 Å². The van der Waals surface area contributed by atoms with Crippen molar-refractivity contribution in [3.05, 3.63) is 69.7 Å². The van der Waals surface area contributed by atoms with E-state index < -0.39 is 11.9 Å². The number of nitrogens with zero attached hydrogens (tertiary/aromatic N) is 3. The van der Waals surface area contributed by atoms with E-state index >= 15 is 0 Å². The van der Waals surface area contributed by atoms with Crippen molar-refractivity contribution in [1.82, 2.24) is 10.2 Å². The maximum absolute atomic E-state index is 12.4. The monoisotopic (exact) mass is 464 g/mol. The molecule has 4 rings (SSSR count). The summed E-state index contributed by atoms with van der Waals surface area (Å²) in [5.74, 6) is -1.65. The molecule has 168 valence electrons. The van der Waals surface area contributed by atoms with Crippen LogP contribution in [0.1, 0.15) is 50.5 Å². The van der Waals surface area contributed by atoms with Crippen molar-refractivity contribution in [2.75, 3.05) is 10.2 Å². The van der Waals surface area contributed by atoms with Crippen LogP contribution in [0.2, 0.25) is 0 Å². The molecule has 10 heteroatoms. The molecule has 1 fully saturated rings. The number of nitrogens with one attached hydrogen (secondary N) is 1. The second kappa shape index (κ2) is 9.70. The predicted molar refractivity (Wildman–Crippen MR) is 121 cm³/mol. The van der Waals surface area contributed by atoms with Crippen molar-refractivity contribution >= 4 is 46.4 Å². The number of carbonyl (C=O) groups is 4. The largest absolute Gasteiger partial charge is 0.455 e. The summed E-state index contributed by atoms with van der Waals surface area (Å²) in [6, 6.07) is 13.6. The Morgan fingerprint density at radius 1 is 1.06 bits per heavy atom. The number of ether oxygens (including phenoxy) is 1. The number of rotatable bonds is 7. The summed E-state index contributed by atoms with van der Waals surface area (Å²) in [5, 5.41) is 11.0. The zero-order valence-corrected chi connectivity index (χ0v) is 18.6. The lowest BCUT2D eigenvalue weighted by Gasteiger charge is -2.14. The molecule has 1 N–H and O–H groups in total. The summed E-state index contributed by atoms with van der Waals surface area (Å²) in [5.41, 5.74) is 2.34. The van der Waals surface area contributed by atoms with E-state index in [0.717, 1.165) is 28.2 Å². The fourth-order valence-electron chi connectivity index (χ4n) is 3.26. The summed E-state index contributed by atoms with van der Waals surface area (Å²) in [4.78, 5) is 49.7. The molecule has 33 heavy (non-hydrogen) atoms. The first kappa shape index (κ1) is 22.3. The highest BCUT2D eigenvalue weighted by Gasteiger charge is 2.30. The van der Waals surface area contributed by atoms with Crippen molar-refractivity contribution < 1.29 is 23.9 Å². The Balaban J connectivity index is 1.35. The summed E-state index contributed by atoms with van der Waals surface area (Å²) >= 11 is 1.02. The van der Waals surface area contributed by atoms with E-state index in [9.17, 15) is 19.2 Å². The first-order chi connectivity index (χ1) is 15.9. The van der Waals surface area contributed by atoms with Crippen LogP contribution >= 0.6 is 11.3 Å². The van der Waals surface area contributed by atoms with E-state index in [1.165, 1.54) is 12.1 Å². The number of anilines is 2. The molecule has 3 aromatic rings. The molecule has 0 unspecified atom stereocenters. The fraction of sp³-hybridized carbons (Fsp3) is 0.217. The van der Waals surface area contributed by atoms with Gasteiger partial charge in [0.15, 0.2) is 5.01 Å². The molecule has 9 nitrogen and oxygen atoms in total. The summed E-state index contributed by atoms with van der Waals surface area (Å²) in [7, 11) is 0. The highest BCUT2D eigenvalue weighted by Crippen LogP contribution is 2.24. The lowest BCUT2D eigenvalue weighted by Crippen LogP contribution is -2.28. The van der Waals surface area contributed by atoms with Crippen LogP contribution in [-0.2, 0) is 27.4 Å². The molecule has 1 aromatic heterocycles. The molecule has 3 amide bonds. The lowest BCUT2D eigenvalue weighted by atomic mass is 10.1. The standard InChI is InChI=1S/C23H20N4O5S/c1-2-14-6-8-16(9-7-14)24-21(30)22-26-25-18(33-22)13-32-23(31)15-4-3-5-17(12-15)27-19(28)10-11-20(27)29/h3-9,12H,2,10-11,13H2,1H3,(H,24,30). The van der Waals surface area contributed by atoms with Gasteiger partial charge in [-0.3, -0.25) is 19.3 Å². The van der Waals surface area contributed by atoms with Crippen LogP contribution in [0.25, 0.3) is 0 Å². The van der Waals surface area contributed by atoms with Crippen LogP contribution < -0.4 is 10.2 Å². The highest BCUT2D eigenvalue weighted by atomic mass is 32.1. The first-order valence-corrected chi connectivity index (χ1v) is 11.1. The van der Waals surface area contributed by atoms with Gasteiger partial charge in [0.25, 0.3) is 5.91 Å². The Hall–Kier alpha value is -3.92. The number of hydrogen-bond acceptors (Lipinski definition) is 8. The molecule has 0 bridgehead atoms. The molecule has 0 saturated carbocycles. The summed E-state index contributed by atoms with van der Waals surface area (Å²) in [6.45, 7) is 1.89. The quantitative estimate of drug-likeness (QED) is 0.421. The van der Waals surface area contributed by atoms with Crippen molar-refractivity contribution in [1.29, 1.82) is 0 Å². The Morgan fingerprint density at radius 3 is 2.48 bits per heavy atom. The minimum Gasteiger partial charge on any atom is -0.455 e. The first-order valence-electron chi connectivity index (χ1n) is 10.3. The van der Waals surface area contributed by atoms with Gasteiger partial charge < -0.3 is 10.1 Å². The maximum atomic E-state index is 12.4. The Labute approximate surface area is 193 Å². The van der Waals surface area contributed by atoms with Gasteiger partial charge in [-0.1, -0.05) is 36.5 Å². The average Bonchev–Trinajstić information content (AvgIpc) is 3.44. The van der Waals surface area contributed by atoms with Crippen LogP contribution in [-0.4, -0.2) is 33.9 Å². The van der Waals surface area contributed by atoms with Crippen LogP contribution in [0, 0.1) is 0 Å². The second-order valence-electron chi connectivity index (χ2n) is 7.25. The molecular formula is C23H20N4O5S. The third-order valence-corrected chi connectivity index (χ3v) is 5.89. The molecule has 2 aromatic carbocycles. The van der Waals surface area contributed by atoms with E-state index in [4.69, 9.17) is 4.74 Å². The SMILES string of the molecule is CCc1ccc(NC(=O)c2nnc(COC(=O)c3cccc(N4C(=O)CCC4=O)c3)s2)cc1. The van der Waals surface area contributed by atoms with E-state index in [1.54, 1.807) is 12.1 Å². The van der Waals surface area contributed by atoms with Gasteiger partial charge in [0.2, 0.25) is 16.8 Å². The molecule has 0 spiro atoms. The number of carbonyl (C=O) groups excluding carboxylic acids is 4. The molecule has 0 radical (unpaired) electrons. The predicted octanol–water partition coefficient (Wildman–Crippen LogP) is 3.36. The molecule has 1 saturated heterocycles. The third-order valence-electron chi connectivity index (χ3n) is 5.00. The van der Waals surface area contributed by atoms with Gasteiger partial charge >= 0.3 is 5.97 Å². The maximum Gasteiger partial charge on any atom is 0.338 e. The van der Waals surface area contributed by atoms with Gasteiger partial charge in [0.1, 0.15) is 6.61 Å². The van der Waals surface area contributed by atoms with Crippen LogP contribution in [0.4, 0.5) is 11.4 Å². The van der Waals surface area contributed by atoms with Crippen molar-refractivity contribution in [3.8, 4) is 0 Å². The molecule has 0 atom stereocenters. The van der Waals surface area contributed by atoms with Crippen LogP contribution in [0.3, 0.4) is 0 Å². The zero-order valence-electron chi connectivity index (χ0n) is 17.7.